The van der Waals surface area contributed by atoms with Crippen LogP contribution in [0.5, 0.6) is 5.75 Å². The Labute approximate surface area is 121 Å². The lowest BCUT2D eigenvalue weighted by atomic mass is 10.1. The van der Waals surface area contributed by atoms with Crippen molar-refractivity contribution in [2.45, 2.75) is 45.6 Å². The number of hydrogen-bond donors (Lipinski definition) is 0. The maximum absolute atomic E-state index is 5.81. The van der Waals surface area contributed by atoms with Gasteiger partial charge in [-0.15, -0.1) is 0 Å². The molecule has 0 aliphatic carbocycles. The van der Waals surface area contributed by atoms with Crippen LogP contribution in [-0.2, 0) is 12.8 Å². The van der Waals surface area contributed by atoms with Crippen LogP contribution in [-0.4, -0.2) is 15.6 Å². The summed E-state index contributed by atoms with van der Waals surface area (Å²) in [5.74, 6) is 0.923. The van der Waals surface area contributed by atoms with Gasteiger partial charge in [0, 0.05) is 11.9 Å². The van der Waals surface area contributed by atoms with E-state index in [1.54, 1.807) is 6.20 Å². The fourth-order valence-corrected chi connectivity index (χ4v) is 1.98. The summed E-state index contributed by atoms with van der Waals surface area (Å²) in [7, 11) is 0. The summed E-state index contributed by atoms with van der Waals surface area (Å²) in [6.45, 7) is 6.17. The lowest BCUT2D eigenvalue weighted by molar-refractivity contribution is 0.131. The third kappa shape index (κ3) is 5.00. The van der Waals surface area contributed by atoms with Crippen molar-refractivity contribution in [3.8, 4) is 5.75 Å². The van der Waals surface area contributed by atoms with Gasteiger partial charge in [0.25, 0.3) is 0 Å². The molecule has 0 fully saturated rings. The molecule has 2 aromatic rings. The molecule has 2 rings (SSSR count). The molecule has 0 saturated carbocycles. The monoisotopic (exact) mass is 269 g/mol. The highest BCUT2D eigenvalue weighted by Gasteiger charge is 2.11. The Kier molecular flexibility index (Phi) is 4.72. The maximum atomic E-state index is 5.81. The van der Waals surface area contributed by atoms with Crippen molar-refractivity contribution < 1.29 is 4.74 Å². The lowest BCUT2D eigenvalue weighted by Crippen LogP contribution is -2.22. The van der Waals surface area contributed by atoms with E-state index in [9.17, 15) is 0 Å². The number of rotatable bonds is 5. The highest BCUT2D eigenvalue weighted by molar-refractivity contribution is 5.27. The van der Waals surface area contributed by atoms with Gasteiger partial charge in [0.2, 0.25) is 0 Å². The van der Waals surface area contributed by atoms with Gasteiger partial charge in [-0.3, -0.25) is 0 Å². The van der Waals surface area contributed by atoms with Gasteiger partial charge >= 0.3 is 0 Å². The molecule has 0 amide bonds. The number of benzene rings is 1. The van der Waals surface area contributed by atoms with Gasteiger partial charge in [-0.05, 0) is 63.8 Å². The molecule has 1 heterocycles. The van der Waals surface area contributed by atoms with E-state index in [0.29, 0.717) is 0 Å². The van der Waals surface area contributed by atoms with E-state index in [4.69, 9.17) is 4.74 Å². The average molecular weight is 269 g/mol. The number of aryl methyl sites for hydroxylation is 2. The average Bonchev–Trinajstić information content (AvgIpc) is 2.40. The van der Waals surface area contributed by atoms with E-state index < -0.39 is 0 Å². The second kappa shape index (κ2) is 6.51. The molecule has 0 atom stereocenters. The van der Waals surface area contributed by atoms with Crippen LogP contribution >= 0.6 is 0 Å². The molecule has 0 spiro atoms. The minimum Gasteiger partial charge on any atom is -0.488 e. The van der Waals surface area contributed by atoms with Crippen LogP contribution < -0.4 is 4.74 Å². The van der Waals surface area contributed by atoms with Crippen molar-refractivity contribution in [3.63, 3.8) is 0 Å². The van der Waals surface area contributed by atoms with Crippen LogP contribution in [0.25, 0.3) is 0 Å². The summed E-state index contributed by atoms with van der Waals surface area (Å²) in [4.78, 5) is 7.91. The molecule has 1 aromatic heterocycles. The number of nitrogens with zero attached hydrogens (tertiary/aromatic N) is 2. The molecule has 0 aliphatic rings. The minimum absolute atomic E-state index is 0.148. The molecule has 0 N–H and O–H groups in total. The second-order valence-corrected chi connectivity index (χ2v) is 5.86. The Morgan fingerprint density at radius 2 is 1.80 bits per heavy atom. The smallest absolute Gasteiger partial charge is 0.197 e. The molecule has 3 nitrogen and oxygen atoms in total. The second-order valence-electron chi connectivity index (χ2n) is 5.86. The summed E-state index contributed by atoms with van der Waals surface area (Å²) < 4.78 is 5.81. The topological polar surface area (TPSA) is 35.0 Å². The Morgan fingerprint density at radius 1 is 1.05 bits per heavy atom. The number of hydrogen-bond acceptors (Lipinski definition) is 3. The number of ether oxygens (including phenoxy) is 1. The molecule has 1 radical (unpaired) electrons. The van der Waals surface area contributed by atoms with Crippen molar-refractivity contribution in [1.29, 1.82) is 0 Å². The standard InChI is InChI=1S/C17H21N2O/c1-17(2,3)20-16-9-7-14(8-10-16)5-4-6-15-11-12-18-13-19-15/h7-12H,4-6H2,1-3H3. The SMILES string of the molecule is CC(C)(C)Oc1ccc(CCCc2ccn[c]n2)cc1. The van der Waals surface area contributed by atoms with Crippen molar-refractivity contribution >= 4 is 0 Å². The molecule has 1 aromatic carbocycles. The predicted molar refractivity (Wildman–Crippen MR) is 79.7 cm³/mol. The van der Waals surface area contributed by atoms with Crippen LogP contribution in [0.4, 0.5) is 0 Å². The highest BCUT2D eigenvalue weighted by atomic mass is 16.5. The molecule has 20 heavy (non-hydrogen) atoms. The molecular weight excluding hydrogens is 248 g/mol. The van der Waals surface area contributed by atoms with Crippen LogP contribution in [0.1, 0.15) is 38.4 Å². The Balaban J connectivity index is 1.82. The first-order valence-electron chi connectivity index (χ1n) is 6.99. The fourth-order valence-electron chi connectivity index (χ4n) is 1.98. The Morgan fingerprint density at radius 3 is 2.40 bits per heavy atom. The first-order chi connectivity index (χ1) is 9.53. The lowest BCUT2D eigenvalue weighted by Gasteiger charge is -2.21. The highest BCUT2D eigenvalue weighted by Crippen LogP contribution is 2.19. The van der Waals surface area contributed by atoms with Crippen LogP contribution in [0, 0.1) is 6.33 Å². The first-order valence-corrected chi connectivity index (χ1v) is 6.99. The van der Waals surface area contributed by atoms with Gasteiger partial charge in [0.15, 0.2) is 6.33 Å². The first kappa shape index (κ1) is 14.5. The van der Waals surface area contributed by atoms with Crippen molar-refractivity contribution in [2.75, 3.05) is 0 Å². The summed E-state index contributed by atoms with van der Waals surface area (Å²) in [6, 6.07) is 10.3. The summed E-state index contributed by atoms with van der Waals surface area (Å²) in [5.41, 5.74) is 2.22. The van der Waals surface area contributed by atoms with Gasteiger partial charge < -0.3 is 4.74 Å². The van der Waals surface area contributed by atoms with Gasteiger partial charge in [0.05, 0.1) is 0 Å². The van der Waals surface area contributed by atoms with E-state index in [-0.39, 0.29) is 5.60 Å². The molecule has 3 heteroatoms. The molecule has 105 valence electrons. The van der Waals surface area contributed by atoms with Crippen molar-refractivity contribution in [2.24, 2.45) is 0 Å². The third-order valence-corrected chi connectivity index (χ3v) is 2.84. The number of aromatic nitrogens is 2. The van der Waals surface area contributed by atoms with Crippen molar-refractivity contribution in [3.05, 3.63) is 54.1 Å². The molecule has 0 saturated heterocycles. The van der Waals surface area contributed by atoms with Gasteiger partial charge in [-0.1, -0.05) is 12.1 Å². The Bertz CT molecular complexity index is 515. The van der Waals surface area contributed by atoms with Crippen molar-refractivity contribution in [1.82, 2.24) is 9.97 Å². The normalized spacial score (nSPS) is 11.3. The third-order valence-electron chi connectivity index (χ3n) is 2.84. The zero-order valence-electron chi connectivity index (χ0n) is 12.4. The summed E-state index contributed by atoms with van der Waals surface area (Å²) in [6.07, 6.45) is 7.43. The van der Waals surface area contributed by atoms with Crippen LogP contribution in [0.3, 0.4) is 0 Å². The fraction of sp³-hybridized carbons (Fsp3) is 0.412. The molecular formula is C17H21N2O. The summed E-state index contributed by atoms with van der Waals surface area (Å²) >= 11 is 0. The van der Waals surface area contributed by atoms with Crippen LogP contribution in [0.15, 0.2) is 36.5 Å². The molecule has 0 bridgehead atoms. The predicted octanol–water partition coefficient (Wildman–Crippen LogP) is 3.63. The molecule has 0 aliphatic heterocycles. The van der Waals surface area contributed by atoms with E-state index in [2.05, 4.69) is 49.2 Å². The van der Waals surface area contributed by atoms with E-state index in [1.165, 1.54) is 5.56 Å². The minimum atomic E-state index is -0.148. The van der Waals surface area contributed by atoms with Gasteiger partial charge in [0.1, 0.15) is 11.4 Å². The zero-order valence-corrected chi connectivity index (χ0v) is 12.4. The zero-order chi connectivity index (χ0) is 14.4. The maximum Gasteiger partial charge on any atom is 0.197 e. The van der Waals surface area contributed by atoms with E-state index in [0.717, 1.165) is 30.7 Å². The molecule has 0 unspecified atom stereocenters. The quantitative estimate of drug-likeness (QED) is 0.831. The van der Waals surface area contributed by atoms with E-state index in [1.807, 2.05) is 18.2 Å². The van der Waals surface area contributed by atoms with Gasteiger partial charge in [-0.25, -0.2) is 9.97 Å². The van der Waals surface area contributed by atoms with Crippen LogP contribution in [0.2, 0.25) is 0 Å². The van der Waals surface area contributed by atoms with E-state index >= 15 is 0 Å². The largest absolute Gasteiger partial charge is 0.488 e. The summed E-state index contributed by atoms with van der Waals surface area (Å²) in [5, 5.41) is 0. The van der Waals surface area contributed by atoms with Gasteiger partial charge in [-0.2, -0.15) is 0 Å². The Hall–Kier alpha value is -1.90.